The predicted octanol–water partition coefficient (Wildman–Crippen LogP) is 4.01. The lowest BCUT2D eigenvalue weighted by Gasteiger charge is -2.47. The number of halogens is 1. The van der Waals surface area contributed by atoms with Crippen molar-refractivity contribution in [3.8, 4) is 0 Å². The van der Waals surface area contributed by atoms with Crippen molar-refractivity contribution in [2.45, 2.75) is 51.6 Å². The van der Waals surface area contributed by atoms with E-state index < -0.39 is 0 Å². The lowest BCUT2D eigenvalue weighted by Crippen LogP contribution is -2.44. The first kappa shape index (κ1) is 19.3. The summed E-state index contributed by atoms with van der Waals surface area (Å²) in [7, 11) is 0. The Morgan fingerprint density at radius 1 is 1.32 bits per heavy atom. The van der Waals surface area contributed by atoms with Crippen molar-refractivity contribution in [3.05, 3.63) is 53.5 Å². The number of allylic oxidation sites excluding steroid dienone is 3. The van der Waals surface area contributed by atoms with Gasteiger partial charge < -0.3 is 15.9 Å². The molecule has 0 amide bonds. The molecular weight excluding hydrogens is 355 g/mol. The minimum atomic E-state index is -0.345. The van der Waals surface area contributed by atoms with Gasteiger partial charge in [-0.3, -0.25) is 0 Å². The zero-order valence-corrected chi connectivity index (χ0v) is 16.4. The molecule has 4 rings (SSSR count). The third-order valence-corrected chi connectivity index (χ3v) is 7.28. The quantitative estimate of drug-likeness (QED) is 0.718. The van der Waals surface area contributed by atoms with E-state index in [0.717, 1.165) is 37.0 Å². The van der Waals surface area contributed by atoms with Gasteiger partial charge in [0.15, 0.2) is 0 Å². The van der Waals surface area contributed by atoms with Crippen molar-refractivity contribution < 1.29 is 14.6 Å². The molecule has 5 heteroatoms. The van der Waals surface area contributed by atoms with Crippen LogP contribution < -0.4 is 5.73 Å². The fourth-order valence-electron chi connectivity index (χ4n) is 5.12. The molecule has 3 atom stereocenters. The van der Waals surface area contributed by atoms with Gasteiger partial charge in [-0.25, -0.2) is 9.38 Å². The van der Waals surface area contributed by atoms with Crippen molar-refractivity contribution in [3.63, 3.8) is 0 Å². The fourth-order valence-corrected chi connectivity index (χ4v) is 5.12. The van der Waals surface area contributed by atoms with Gasteiger partial charge in [0.05, 0.1) is 17.5 Å². The van der Waals surface area contributed by atoms with Gasteiger partial charge in [-0.15, -0.1) is 0 Å². The van der Waals surface area contributed by atoms with Crippen LogP contribution in [0, 0.1) is 22.6 Å². The Labute approximate surface area is 165 Å². The Morgan fingerprint density at radius 2 is 2.04 bits per heavy atom. The van der Waals surface area contributed by atoms with Crippen LogP contribution in [-0.2, 0) is 0 Å². The number of nitrogens with zero attached hydrogens (tertiary/aromatic N) is 1. The van der Waals surface area contributed by atoms with E-state index >= 15 is 0 Å². The highest BCUT2D eigenvalue weighted by atomic mass is 19.1. The molecule has 1 aromatic rings. The third-order valence-electron chi connectivity index (χ3n) is 7.28. The molecule has 0 radical (unpaired) electrons. The van der Waals surface area contributed by atoms with Crippen molar-refractivity contribution in [2.24, 2.45) is 27.5 Å². The summed E-state index contributed by atoms with van der Waals surface area (Å²) >= 11 is 0. The van der Waals surface area contributed by atoms with Gasteiger partial charge in [-0.1, -0.05) is 12.5 Å². The lowest BCUT2D eigenvalue weighted by atomic mass is 9.58. The summed E-state index contributed by atoms with van der Waals surface area (Å²) in [6, 6.07) is 6.11. The molecule has 4 N–H and O–H groups in total. The normalized spacial score (nSPS) is 33.8. The van der Waals surface area contributed by atoms with Crippen LogP contribution in [0.2, 0.25) is 0 Å². The molecule has 1 aromatic carbocycles. The smallest absolute Gasteiger partial charge is 0.123 e. The largest absolute Gasteiger partial charge is 0.404 e. The molecule has 150 valence electrons. The van der Waals surface area contributed by atoms with Gasteiger partial charge in [0, 0.05) is 17.4 Å². The van der Waals surface area contributed by atoms with Crippen LogP contribution >= 0.6 is 0 Å². The summed E-state index contributed by atoms with van der Waals surface area (Å²) in [6.45, 7) is 2.26. The van der Waals surface area contributed by atoms with E-state index in [1.807, 2.05) is 0 Å². The molecule has 3 aliphatic carbocycles. The monoisotopic (exact) mass is 384 g/mol. The summed E-state index contributed by atoms with van der Waals surface area (Å²) in [4.78, 5) is 4.69. The van der Waals surface area contributed by atoms with Gasteiger partial charge in [0.2, 0.25) is 0 Å². The third kappa shape index (κ3) is 3.20. The molecule has 2 saturated carbocycles. The van der Waals surface area contributed by atoms with E-state index in [0.29, 0.717) is 24.4 Å². The Morgan fingerprint density at radius 3 is 2.64 bits per heavy atom. The van der Waals surface area contributed by atoms with Crippen LogP contribution in [0.5, 0.6) is 0 Å². The molecule has 28 heavy (non-hydrogen) atoms. The molecule has 0 bridgehead atoms. The Kier molecular flexibility index (Phi) is 4.92. The number of aliphatic imine (C=N–C) groups is 1. The van der Waals surface area contributed by atoms with Gasteiger partial charge in [-0.2, -0.15) is 0 Å². The number of hydrogen-bond donors (Lipinski definition) is 3. The fraction of sp³-hybridized carbons (Fsp3) is 0.522. The maximum atomic E-state index is 13.2. The van der Waals surface area contributed by atoms with Crippen LogP contribution in [0.1, 0.15) is 45.4 Å². The van der Waals surface area contributed by atoms with E-state index in [1.54, 1.807) is 18.3 Å². The first-order valence-electron chi connectivity index (χ1n) is 10.2. The Bertz CT molecular complexity index is 841. The Hall–Kier alpha value is -1.98. The number of benzene rings is 1. The summed E-state index contributed by atoms with van der Waals surface area (Å²) in [6.07, 6.45) is 8.58. The predicted molar refractivity (Wildman–Crippen MR) is 109 cm³/mol. The van der Waals surface area contributed by atoms with Crippen LogP contribution in [0.25, 0.3) is 0 Å². The molecule has 4 nitrogen and oxygen atoms in total. The number of aliphatic hydroxyl groups excluding tert-OH is 2. The minimum absolute atomic E-state index is 0.0624. The second-order valence-electron chi connectivity index (χ2n) is 8.89. The summed E-state index contributed by atoms with van der Waals surface area (Å²) < 4.78 is 13.2. The van der Waals surface area contributed by atoms with Gasteiger partial charge >= 0.3 is 0 Å². The van der Waals surface area contributed by atoms with Crippen LogP contribution in [-0.4, -0.2) is 28.6 Å². The van der Waals surface area contributed by atoms with Gasteiger partial charge in [0.1, 0.15) is 5.82 Å². The second kappa shape index (κ2) is 7.12. The molecule has 0 saturated heterocycles. The first-order valence-corrected chi connectivity index (χ1v) is 10.2. The average molecular weight is 384 g/mol. The van der Waals surface area contributed by atoms with Gasteiger partial charge in [-0.05, 0) is 86.6 Å². The molecule has 0 aromatic heterocycles. The topological polar surface area (TPSA) is 78.8 Å². The molecular formula is C23H29FN2O2. The highest BCUT2D eigenvalue weighted by Crippen LogP contribution is 2.63. The maximum Gasteiger partial charge on any atom is 0.123 e. The number of rotatable bonds is 5. The molecule has 2 fully saturated rings. The maximum absolute atomic E-state index is 13.2. The average Bonchev–Trinajstić information content (AvgIpc) is 3.50. The zero-order valence-electron chi connectivity index (χ0n) is 16.4. The SMILES string of the molecule is C[C@]12CC(=CN)C(=Nc3ccc(F)cc3)C=C1CC[C@@]2(CO)CC(O)C1CC1. The van der Waals surface area contributed by atoms with Crippen LogP contribution in [0.15, 0.2) is 52.7 Å². The highest BCUT2D eigenvalue weighted by molar-refractivity contribution is 6.11. The minimum Gasteiger partial charge on any atom is -0.404 e. The zero-order chi connectivity index (χ0) is 19.9. The van der Waals surface area contributed by atoms with Crippen molar-refractivity contribution in [2.75, 3.05) is 6.61 Å². The number of aliphatic hydroxyl groups is 2. The molecule has 1 unspecified atom stereocenters. The lowest BCUT2D eigenvalue weighted by molar-refractivity contribution is -0.0185. The van der Waals surface area contributed by atoms with E-state index in [9.17, 15) is 14.6 Å². The number of hydrogen-bond acceptors (Lipinski definition) is 4. The second-order valence-corrected chi connectivity index (χ2v) is 8.89. The molecule has 0 heterocycles. The van der Waals surface area contributed by atoms with E-state index in [-0.39, 0.29) is 29.4 Å². The summed E-state index contributed by atoms with van der Waals surface area (Å²) in [5.41, 5.74) is 9.05. The molecule has 3 aliphatic rings. The Balaban J connectivity index is 1.69. The van der Waals surface area contributed by atoms with E-state index in [1.165, 1.54) is 17.7 Å². The number of fused-ring (bicyclic) bond motifs is 1. The number of nitrogens with two attached hydrogens (primary N) is 1. The van der Waals surface area contributed by atoms with E-state index in [2.05, 4.69) is 18.0 Å². The highest BCUT2D eigenvalue weighted by Gasteiger charge is 2.57. The van der Waals surface area contributed by atoms with E-state index in [4.69, 9.17) is 5.73 Å². The molecule has 0 spiro atoms. The molecule has 0 aliphatic heterocycles. The van der Waals surface area contributed by atoms with Crippen LogP contribution in [0.3, 0.4) is 0 Å². The van der Waals surface area contributed by atoms with Crippen molar-refractivity contribution in [1.82, 2.24) is 0 Å². The van der Waals surface area contributed by atoms with Gasteiger partial charge in [0.25, 0.3) is 0 Å². The van der Waals surface area contributed by atoms with Crippen molar-refractivity contribution in [1.29, 1.82) is 0 Å². The van der Waals surface area contributed by atoms with Crippen LogP contribution in [0.4, 0.5) is 10.1 Å². The summed E-state index contributed by atoms with van der Waals surface area (Å²) in [5.74, 6) is 0.106. The first-order chi connectivity index (χ1) is 13.4. The standard InChI is InChI=1S/C23H29FN2O2/c1-22-11-16(13-25)20(26-19-6-4-18(24)5-7-19)10-17(22)8-9-23(22,14-27)12-21(28)15-2-3-15/h4-7,10,13,15,21,27-28H,2-3,8-9,11-12,14,25H2,1H3/t21?,22-,23-/m0/s1. The summed E-state index contributed by atoms with van der Waals surface area (Å²) in [5, 5.41) is 21.0. The van der Waals surface area contributed by atoms with Crippen molar-refractivity contribution >= 4 is 11.4 Å².